The van der Waals surface area contributed by atoms with Crippen molar-refractivity contribution < 1.29 is 17.9 Å². The molecule has 2 aromatic carbocycles. The molecular formula is C22H29N3O4S. The highest BCUT2D eigenvalue weighted by molar-refractivity contribution is 7.89. The first-order valence-corrected chi connectivity index (χ1v) is 11.9. The molecule has 1 unspecified atom stereocenters. The third-order valence-corrected chi connectivity index (χ3v) is 6.05. The highest BCUT2D eigenvalue weighted by Gasteiger charge is 2.24. The molecule has 1 saturated heterocycles. The Kier molecular flexibility index (Phi) is 7.84. The number of rotatable bonds is 10. The molecule has 2 aromatic rings. The molecule has 1 heterocycles. The van der Waals surface area contributed by atoms with Gasteiger partial charge in [-0.1, -0.05) is 42.5 Å². The van der Waals surface area contributed by atoms with E-state index < -0.39 is 10.0 Å². The largest absolute Gasteiger partial charge is 0.489 e. The summed E-state index contributed by atoms with van der Waals surface area (Å²) in [5.74, 6) is 0.753. The maximum Gasteiger partial charge on any atom is 0.234 e. The molecule has 1 aliphatic rings. The van der Waals surface area contributed by atoms with Crippen LogP contribution < -0.4 is 15.2 Å². The molecule has 1 amide bonds. The highest BCUT2D eigenvalue weighted by atomic mass is 32.2. The number of carbonyl (C=O) groups is 1. The van der Waals surface area contributed by atoms with E-state index in [1.54, 1.807) is 0 Å². The van der Waals surface area contributed by atoms with E-state index in [1.807, 2.05) is 54.6 Å². The predicted octanol–water partition coefficient (Wildman–Crippen LogP) is 1.68. The zero-order chi connectivity index (χ0) is 21.4. The molecular weight excluding hydrogens is 402 g/mol. The molecule has 1 atom stereocenters. The molecule has 0 bridgehead atoms. The smallest absolute Gasteiger partial charge is 0.234 e. The molecule has 0 radical (unpaired) electrons. The number of nitrogens with two attached hydrogens (primary N) is 1. The van der Waals surface area contributed by atoms with E-state index in [9.17, 15) is 13.2 Å². The fourth-order valence-electron chi connectivity index (χ4n) is 3.64. The van der Waals surface area contributed by atoms with E-state index in [0.717, 1.165) is 29.8 Å². The second-order valence-electron chi connectivity index (χ2n) is 7.61. The highest BCUT2D eigenvalue weighted by Crippen LogP contribution is 2.19. The Morgan fingerprint density at radius 1 is 1.07 bits per heavy atom. The third kappa shape index (κ3) is 7.44. The van der Waals surface area contributed by atoms with Gasteiger partial charge in [0.15, 0.2) is 0 Å². The molecule has 1 fully saturated rings. The summed E-state index contributed by atoms with van der Waals surface area (Å²) in [5, 5.41) is 7.98. The van der Waals surface area contributed by atoms with Gasteiger partial charge in [-0.2, -0.15) is 0 Å². The van der Waals surface area contributed by atoms with E-state index >= 15 is 0 Å². The number of hydrogen-bond acceptors (Lipinski definition) is 5. The molecule has 3 rings (SSSR count). The lowest BCUT2D eigenvalue weighted by atomic mass is 9.99. The van der Waals surface area contributed by atoms with Crippen LogP contribution in [0.15, 0.2) is 54.6 Å². The van der Waals surface area contributed by atoms with Crippen molar-refractivity contribution in [3.05, 3.63) is 65.7 Å². The molecule has 30 heavy (non-hydrogen) atoms. The van der Waals surface area contributed by atoms with Crippen molar-refractivity contribution in [3.63, 3.8) is 0 Å². The van der Waals surface area contributed by atoms with Crippen molar-refractivity contribution in [3.8, 4) is 5.75 Å². The number of nitrogens with zero attached hydrogens (tertiary/aromatic N) is 1. The number of piperazine rings is 1. The molecule has 3 N–H and O–H groups in total. The van der Waals surface area contributed by atoms with Crippen molar-refractivity contribution in [2.45, 2.75) is 31.9 Å². The minimum Gasteiger partial charge on any atom is -0.489 e. The van der Waals surface area contributed by atoms with E-state index in [0.29, 0.717) is 32.5 Å². The number of carbonyl (C=O) groups excluding carboxylic acids is 1. The van der Waals surface area contributed by atoms with Crippen molar-refractivity contribution in [1.82, 2.24) is 10.2 Å². The van der Waals surface area contributed by atoms with E-state index in [-0.39, 0.29) is 17.7 Å². The lowest BCUT2D eigenvalue weighted by Gasteiger charge is -2.34. The Morgan fingerprint density at radius 2 is 1.80 bits per heavy atom. The molecule has 162 valence electrons. The zero-order valence-electron chi connectivity index (χ0n) is 17.0. The van der Waals surface area contributed by atoms with Gasteiger partial charge in [0.25, 0.3) is 0 Å². The Hall–Kier alpha value is -2.42. The van der Waals surface area contributed by atoms with Crippen LogP contribution in [0.2, 0.25) is 0 Å². The van der Waals surface area contributed by atoms with Gasteiger partial charge in [0, 0.05) is 19.1 Å². The molecule has 0 aromatic heterocycles. The van der Waals surface area contributed by atoms with Gasteiger partial charge < -0.3 is 10.1 Å². The van der Waals surface area contributed by atoms with Crippen LogP contribution in [0.4, 0.5) is 0 Å². The van der Waals surface area contributed by atoms with Crippen LogP contribution in [0.1, 0.15) is 24.0 Å². The number of ether oxygens (including phenoxy) is 1. The molecule has 0 aliphatic carbocycles. The standard InChI is InChI=1S/C22H29N3O4S/c23-30(27,28)14-4-7-20(25-13-12-24-22(26)16-25)15-18-8-10-21(11-9-18)29-17-19-5-2-1-3-6-19/h1-3,5-6,8-11,20H,4,7,12-17H2,(H,24,26)(H2,23,27,28). The molecule has 0 saturated carbocycles. The number of primary sulfonamides is 1. The van der Waals surface area contributed by atoms with E-state index in [2.05, 4.69) is 10.2 Å². The summed E-state index contributed by atoms with van der Waals surface area (Å²) in [6.45, 7) is 2.21. The lowest BCUT2D eigenvalue weighted by molar-refractivity contribution is -0.124. The summed E-state index contributed by atoms with van der Waals surface area (Å²) in [4.78, 5) is 13.9. The van der Waals surface area contributed by atoms with Gasteiger partial charge in [0.1, 0.15) is 12.4 Å². The topological polar surface area (TPSA) is 102 Å². The van der Waals surface area contributed by atoms with Crippen molar-refractivity contribution in [1.29, 1.82) is 0 Å². The van der Waals surface area contributed by atoms with Gasteiger partial charge in [-0.05, 0) is 42.5 Å². The Labute approximate surface area is 178 Å². The summed E-state index contributed by atoms with van der Waals surface area (Å²) in [7, 11) is -3.48. The van der Waals surface area contributed by atoms with Gasteiger partial charge >= 0.3 is 0 Å². The van der Waals surface area contributed by atoms with Crippen molar-refractivity contribution in [2.75, 3.05) is 25.4 Å². The van der Waals surface area contributed by atoms with Gasteiger partial charge in [-0.25, -0.2) is 13.6 Å². The quantitative estimate of drug-likeness (QED) is 0.596. The first-order valence-electron chi connectivity index (χ1n) is 10.2. The van der Waals surface area contributed by atoms with Crippen LogP contribution in [0.3, 0.4) is 0 Å². The fraction of sp³-hybridized carbons (Fsp3) is 0.409. The maximum atomic E-state index is 11.8. The normalized spacial score (nSPS) is 16.1. The summed E-state index contributed by atoms with van der Waals surface area (Å²) < 4.78 is 28.4. The molecule has 1 aliphatic heterocycles. The number of nitrogens with one attached hydrogen (secondary N) is 1. The van der Waals surface area contributed by atoms with Gasteiger partial charge in [-0.15, -0.1) is 0 Å². The van der Waals surface area contributed by atoms with Crippen LogP contribution in [0.25, 0.3) is 0 Å². The lowest BCUT2D eigenvalue weighted by Crippen LogP contribution is -2.52. The van der Waals surface area contributed by atoms with E-state index in [1.165, 1.54) is 0 Å². The van der Waals surface area contributed by atoms with Crippen LogP contribution >= 0.6 is 0 Å². The maximum absolute atomic E-state index is 11.8. The first kappa shape index (κ1) is 22.3. The summed E-state index contributed by atoms with van der Waals surface area (Å²) >= 11 is 0. The number of sulfonamides is 1. The number of amides is 1. The Bertz CT molecular complexity index is 917. The number of benzene rings is 2. The summed E-state index contributed by atoms with van der Waals surface area (Å²) in [6.07, 6.45) is 1.87. The number of hydrogen-bond donors (Lipinski definition) is 2. The second-order valence-corrected chi connectivity index (χ2v) is 9.34. The van der Waals surface area contributed by atoms with Crippen LogP contribution in [0.5, 0.6) is 5.75 Å². The van der Waals surface area contributed by atoms with E-state index in [4.69, 9.17) is 9.88 Å². The minimum absolute atomic E-state index is 0.00218. The summed E-state index contributed by atoms with van der Waals surface area (Å²) in [5.41, 5.74) is 2.23. The van der Waals surface area contributed by atoms with Gasteiger partial charge in [0.05, 0.1) is 12.3 Å². The minimum atomic E-state index is -3.48. The van der Waals surface area contributed by atoms with Crippen molar-refractivity contribution >= 4 is 15.9 Å². The summed E-state index contributed by atoms with van der Waals surface area (Å²) in [6, 6.07) is 18.0. The molecule has 8 heteroatoms. The van der Waals surface area contributed by atoms with Gasteiger partial charge in [0.2, 0.25) is 15.9 Å². The monoisotopic (exact) mass is 431 g/mol. The Morgan fingerprint density at radius 3 is 2.47 bits per heavy atom. The molecule has 0 spiro atoms. The Balaban J connectivity index is 1.60. The average Bonchev–Trinajstić information content (AvgIpc) is 2.72. The fourth-order valence-corrected chi connectivity index (χ4v) is 4.21. The SMILES string of the molecule is NS(=O)(=O)CCCC(Cc1ccc(OCc2ccccc2)cc1)N1CCNC(=O)C1. The van der Waals surface area contributed by atoms with Crippen LogP contribution in [0, 0.1) is 0 Å². The third-order valence-electron chi connectivity index (χ3n) is 5.19. The van der Waals surface area contributed by atoms with Gasteiger partial charge in [-0.3, -0.25) is 9.69 Å². The van der Waals surface area contributed by atoms with Crippen LogP contribution in [-0.4, -0.2) is 50.7 Å². The zero-order valence-corrected chi connectivity index (χ0v) is 17.8. The molecule has 7 nitrogen and oxygen atoms in total. The first-order chi connectivity index (χ1) is 14.4. The van der Waals surface area contributed by atoms with Crippen molar-refractivity contribution in [2.24, 2.45) is 5.14 Å². The predicted molar refractivity (Wildman–Crippen MR) is 116 cm³/mol. The second kappa shape index (κ2) is 10.6. The average molecular weight is 432 g/mol. The van der Waals surface area contributed by atoms with Crippen LogP contribution in [-0.2, 0) is 27.8 Å².